The Morgan fingerprint density at radius 1 is 1.21 bits per heavy atom. The van der Waals surface area contributed by atoms with E-state index in [-0.39, 0.29) is 11.5 Å². The number of benzene rings is 1. The first-order chi connectivity index (χ1) is 9.15. The molecule has 2 rings (SSSR count). The molecule has 0 aromatic heterocycles. The van der Waals surface area contributed by atoms with Crippen LogP contribution in [-0.2, 0) is 11.3 Å². The number of aromatic carboxylic acids is 1. The number of carboxylic acid groups (broad SMARTS) is 1. The van der Waals surface area contributed by atoms with Crippen LogP contribution in [0.3, 0.4) is 0 Å². The Morgan fingerprint density at radius 3 is 2.42 bits per heavy atom. The molecule has 1 aromatic carbocycles. The fourth-order valence-corrected chi connectivity index (χ4v) is 2.17. The molecule has 4 nitrogen and oxygen atoms in total. The summed E-state index contributed by atoms with van der Waals surface area (Å²) in [6, 6.07) is 6.57. The van der Waals surface area contributed by atoms with Crippen molar-refractivity contribution in [2.45, 2.75) is 38.6 Å². The molecule has 0 radical (unpaired) electrons. The number of rotatable bonds is 6. The smallest absolute Gasteiger partial charge is 0.335 e. The lowest BCUT2D eigenvalue weighted by Gasteiger charge is -2.24. The molecule has 0 unspecified atom stereocenters. The molecular weight excluding hydrogens is 242 g/mol. The topological polar surface area (TPSA) is 66.4 Å². The van der Waals surface area contributed by atoms with Crippen LogP contribution in [0.5, 0.6) is 0 Å². The predicted molar refractivity (Wildman–Crippen MR) is 71.8 cm³/mol. The van der Waals surface area contributed by atoms with Crippen molar-refractivity contribution in [1.29, 1.82) is 0 Å². The van der Waals surface area contributed by atoms with Gasteiger partial charge in [-0.15, -0.1) is 0 Å². The lowest BCUT2D eigenvalue weighted by atomic mass is 9.82. The van der Waals surface area contributed by atoms with Gasteiger partial charge in [0.05, 0.1) is 5.56 Å². The minimum absolute atomic E-state index is 0.0780. The molecule has 1 amide bonds. The second-order valence-electron chi connectivity index (χ2n) is 5.11. The van der Waals surface area contributed by atoms with Gasteiger partial charge in [0.1, 0.15) is 0 Å². The van der Waals surface area contributed by atoms with Crippen LogP contribution in [0.4, 0.5) is 0 Å². The van der Waals surface area contributed by atoms with E-state index < -0.39 is 5.97 Å². The lowest BCUT2D eigenvalue weighted by molar-refractivity contribution is -0.121. The summed E-state index contributed by atoms with van der Waals surface area (Å²) < 4.78 is 0. The van der Waals surface area contributed by atoms with Crippen molar-refractivity contribution < 1.29 is 14.7 Å². The first-order valence-electron chi connectivity index (χ1n) is 6.74. The molecule has 0 atom stereocenters. The van der Waals surface area contributed by atoms with Gasteiger partial charge in [0.2, 0.25) is 5.91 Å². The van der Waals surface area contributed by atoms with Crippen LogP contribution in [-0.4, -0.2) is 17.0 Å². The van der Waals surface area contributed by atoms with Gasteiger partial charge in [-0.25, -0.2) is 4.79 Å². The fourth-order valence-electron chi connectivity index (χ4n) is 2.17. The molecule has 0 saturated heterocycles. The minimum Gasteiger partial charge on any atom is -0.478 e. The predicted octanol–water partition coefficient (Wildman–Crippen LogP) is 2.58. The van der Waals surface area contributed by atoms with Crippen LogP contribution in [0.15, 0.2) is 24.3 Å². The SMILES string of the molecule is O=C(CCC1CCC1)NCc1ccc(C(=O)O)cc1. The summed E-state index contributed by atoms with van der Waals surface area (Å²) in [5.74, 6) is -0.106. The van der Waals surface area contributed by atoms with E-state index in [4.69, 9.17) is 5.11 Å². The van der Waals surface area contributed by atoms with Gasteiger partial charge in [-0.2, -0.15) is 0 Å². The Balaban J connectivity index is 1.71. The number of amides is 1. The zero-order chi connectivity index (χ0) is 13.7. The van der Waals surface area contributed by atoms with E-state index in [1.807, 2.05) is 0 Å². The molecule has 4 heteroatoms. The average Bonchev–Trinajstić information content (AvgIpc) is 2.35. The third kappa shape index (κ3) is 4.09. The largest absolute Gasteiger partial charge is 0.478 e. The highest BCUT2D eigenvalue weighted by Gasteiger charge is 2.18. The van der Waals surface area contributed by atoms with Gasteiger partial charge in [-0.05, 0) is 30.0 Å². The lowest BCUT2D eigenvalue weighted by Crippen LogP contribution is -2.24. The van der Waals surface area contributed by atoms with Gasteiger partial charge < -0.3 is 10.4 Å². The van der Waals surface area contributed by atoms with Crippen molar-refractivity contribution in [3.05, 3.63) is 35.4 Å². The molecule has 1 saturated carbocycles. The molecule has 102 valence electrons. The number of carboxylic acids is 1. The summed E-state index contributed by atoms with van der Waals surface area (Å²) in [6.07, 6.45) is 5.43. The van der Waals surface area contributed by atoms with Crippen molar-refractivity contribution in [3.8, 4) is 0 Å². The molecular formula is C15H19NO3. The van der Waals surface area contributed by atoms with E-state index in [0.717, 1.165) is 17.9 Å². The number of carbonyl (C=O) groups is 2. The second-order valence-corrected chi connectivity index (χ2v) is 5.11. The third-order valence-corrected chi connectivity index (χ3v) is 3.69. The van der Waals surface area contributed by atoms with Crippen LogP contribution in [0.2, 0.25) is 0 Å². The molecule has 2 N–H and O–H groups in total. The number of carbonyl (C=O) groups excluding carboxylic acids is 1. The summed E-state index contributed by atoms with van der Waals surface area (Å²) in [7, 11) is 0. The van der Waals surface area contributed by atoms with Gasteiger partial charge in [-0.1, -0.05) is 31.4 Å². The van der Waals surface area contributed by atoms with Crippen molar-refractivity contribution in [2.75, 3.05) is 0 Å². The molecule has 0 aliphatic heterocycles. The van der Waals surface area contributed by atoms with Crippen LogP contribution in [0.25, 0.3) is 0 Å². The summed E-state index contributed by atoms with van der Waals surface area (Å²) in [5, 5.41) is 11.6. The van der Waals surface area contributed by atoms with Gasteiger partial charge in [0.15, 0.2) is 0 Å². The van der Waals surface area contributed by atoms with Crippen LogP contribution >= 0.6 is 0 Å². The Kier molecular flexibility index (Phi) is 4.55. The molecule has 0 spiro atoms. The highest BCUT2D eigenvalue weighted by Crippen LogP contribution is 2.30. The van der Waals surface area contributed by atoms with Crippen LogP contribution in [0, 0.1) is 5.92 Å². The van der Waals surface area contributed by atoms with Crippen LogP contribution < -0.4 is 5.32 Å². The molecule has 19 heavy (non-hydrogen) atoms. The Bertz CT molecular complexity index is 449. The van der Waals surface area contributed by atoms with E-state index in [2.05, 4.69) is 5.32 Å². The standard InChI is InChI=1S/C15H19NO3/c17-14(9-6-11-2-1-3-11)16-10-12-4-7-13(8-5-12)15(18)19/h4-5,7-8,11H,1-3,6,9-10H2,(H,16,17)(H,18,19). The summed E-state index contributed by atoms with van der Waals surface area (Å²) in [6.45, 7) is 0.462. The monoisotopic (exact) mass is 261 g/mol. The Hall–Kier alpha value is -1.84. The zero-order valence-corrected chi connectivity index (χ0v) is 10.9. The first kappa shape index (κ1) is 13.6. The average molecular weight is 261 g/mol. The summed E-state index contributed by atoms with van der Waals surface area (Å²) >= 11 is 0. The number of nitrogens with one attached hydrogen (secondary N) is 1. The highest BCUT2D eigenvalue weighted by atomic mass is 16.4. The maximum atomic E-state index is 11.6. The van der Waals surface area contributed by atoms with Gasteiger partial charge in [-0.3, -0.25) is 4.79 Å². The van der Waals surface area contributed by atoms with E-state index in [1.54, 1.807) is 24.3 Å². The Morgan fingerprint density at radius 2 is 1.89 bits per heavy atom. The second kappa shape index (κ2) is 6.36. The molecule has 1 aliphatic carbocycles. The third-order valence-electron chi connectivity index (χ3n) is 3.69. The number of hydrogen-bond donors (Lipinski definition) is 2. The molecule has 1 fully saturated rings. The highest BCUT2D eigenvalue weighted by molar-refractivity contribution is 5.87. The van der Waals surface area contributed by atoms with Crippen LogP contribution in [0.1, 0.15) is 48.0 Å². The molecule has 1 aliphatic rings. The van der Waals surface area contributed by atoms with Crippen molar-refractivity contribution >= 4 is 11.9 Å². The van der Waals surface area contributed by atoms with Crippen molar-refractivity contribution in [2.24, 2.45) is 5.92 Å². The molecule has 0 bridgehead atoms. The summed E-state index contributed by atoms with van der Waals surface area (Å²) in [5.41, 5.74) is 1.18. The number of hydrogen-bond acceptors (Lipinski definition) is 2. The maximum Gasteiger partial charge on any atom is 0.335 e. The Labute approximate surface area is 112 Å². The normalized spacial score (nSPS) is 14.7. The van der Waals surface area contributed by atoms with Gasteiger partial charge in [0.25, 0.3) is 0 Å². The fraction of sp³-hybridized carbons (Fsp3) is 0.467. The van der Waals surface area contributed by atoms with Crippen molar-refractivity contribution in [1.82, 2.24) is 5.32 Å². The van der Waals surface area contributed by atoms with E-state index >= 15 is 0 Å². The first-order valence-corrected chi connectivity index (χ1v) is 6.74. The minimum atomic E-state index is -0.934. The van der Waals surface area contributed by atoms with E-state index in [9.17, 15) is 9.59 Å². The van der Waals surface area contributed by atoms with E-state index in [1.165, 1.54) is 19.3 Å². The maximum absolute atomic E-state index is 11.6. The molecule has 0 heterocycles. The van der Waals surface area contributed by atoms with E-state index in [0.29, 0.717) is 13.0 Å². The zero-order valence-electron chi connectivity index (χ0n) is 10.9. The molecule has 1 aromatic rings. The van der Waals surface area contributed by atoms with Gasteiger partial charge >= 0.3 is 5.97 Å². The summed E-state index contributed by atoms with van der Waals surface area (Å²) in [4.78, 5) is 22.3. The van der Waals surface area contributed by atoms with Gasteiger partial charge in [0, 0.05) is 13.0 Å². The van der Waals surface area contributed by atoms with Crippen molar-refractivity contribution in [3.63, 3.8) is 0 Å². The quantitative estimate of drug-likeness (QED) is 0.827.